The summed E-state index contributed by atoms with van der Waals surface area (Å²) in [5.41, 5.74) is 7.99. The van der Waals surface area contributed by atoms with Crippen LogP contribution in [0.5, 0.6) is 5.75 Å². The number of rotatable bonds is 7. The van der Waals surface area contributed by atoms with Crippen LogP contribution in [-0.4, -0.2) is 18.6 Å². The number of carbonyl (C=O) groups excluding carboxylic acids is 1. The van der Waals surface area contributed by atoms with Crippen LogP contribution in [0.3, 0.4) is 0 Å². The maximum Gasteiger partial charge on any atom is 0.224 e. The Morgan fingerprint density at radius 3 is 2.38 bits per heavy atom. The molecular weight excluding hydrogens is 324 g/mol. The molecule has 2 aromatic carbocycles. The summed E-state index contributed by atoms with van der Waals surface area (Å²) in [5.74, 6) is 0.696. The monoisotopic (exact) mass is 348 g/mol. The minimum Gasteiger partial charge on any atom is -0.491 e. The van der Waals surface area contributed by atoms with E-state index in [2.05, 4.69) is 5.32 Å². The van der Waals surface area contributed by atoms with Gasteiger partial charge in [-0.25, -0.2) is 0 Å². The van der Waals surface area contributed by atoms with Gasteiger partial charge >= 0.3 is 0 Å². The number of carbonyl (C=O) groups is 1. The predicted octanol–water partition coefficient (Wildman–Crippen LogP) is 3.25. The van der Waals surface area contributed by atoms with Crippen molar-refractivity contribution in [2.45, 2.75) is 32.4 Å². The number of para-hydroxylation sites is 1. The number of ether oxygens (including phenoxy) is 1. The first kappa shape index (κ1) is 20.0. The van der Waals surface area contributed by atoms with Crippen LogP contribution in [0.1, 0.15) is 31.0 Å². The topological polar surface area (TPSA) is 64.3 Å². The lowest BCUT2D eigenvalue weighted by Gasteiger charge is -2.15. The van der Waals surface area contributed by atoms with Crippen LogP contribution in [0.25, 0.3) is 0 Å². The third-order valence-electron chi connectivity index (χ3n) is 3.43. The number of amides is 1. The highest BCUT2D eigenvalue weighted by atomic mass is 35.5. The highest BCUT2D eigenvalue weighted by Crippen LogP contribution is 2.20. The predicted molar refractivity (Wildman–Crippen MR) is 99.5 cm³/mol. The van der Waals surface area contributed by atoms with Crippen molar-refractivity contribution in [3.63, 3.8) is 0 Å². The second kappa shape index (κ2) is 9.96. The molecule has 0 heterocycles. The van der Waals surface area contributed by atoms with E-state index in [1.165, 1.54) is 0 Å². The van der Waals surface area contributed by atoms with Crippen molar-refractivity contribution >= 4 is 18.3 Å². The molecule has 0 bridgehead atoms. The highest BCUT2D eigenvalue weighted by molar-refractivity contribution is 5.85. The fourth-order valence-corrected chi connectivity index (χ4v) is 2.30. The molecule has 0 fully saturated rings. The fraction of sp³-hybridized carbons (Fsp3) is 0.316. The van der Waals surface area contributed by atoms with Crippen molar-refractivity contribution in [1.29, 1.82) is 0 Å². The molecule has 0 radical (unpaired) electrons. The number of hydrogen-bond acceptors (Lipinski definition) is 3. The summed E-state index contributed by atoms with van der Waals surface area (Å²) in [6.07, 6.45) is 0.357. The molecule has 3 N–H and O–H groups in total. The summed E-state index contributed by atoms with van der Waals surface area (Å²) in [6, 6.07) is 17.2. The minimum absolute atomic E-state index is 0. The van der Waals surface area contributed by atoms with E-state index < -0.39 is 0 Å². The second-order valence-corrected chi connectivity index (χ2v) is 5.77. The molecule has 0 aliphatic rings. The molecule has 0 aromatic heterocycles. The van der Waals surface area contributed by atoms with Gasteiger partial charge < -0.3 is 15.8 Å². The molecule has 1 amide bonds. The summed E-state index contributed by atoms with van der Waals surface area (Å²) in [5, 5.41) is 2.89. The summed E-state index contributed by atoms with van der Waals surface area (Å²) >= 11 is 0. The number of nitrogens with one attached hydrogen (secondary N) is 1. The molecule has 1 unspecified atom stereocenters. The fourth-order valence-electron chi connectivity index (χ4n) is 2.30. The molecular formula is C19H25ClN2O2. The average Bonchev–Trinajstić information content (AvgIpc) is 2.55. The van der Waals surface area contributed by atoms with Crippen LogP contribution in [0.4, 0.5) is 0 Å². The first-order valence-corrected chi connectivity index (χ1v) is 7.88. The molecule has 5 heteroatoms. The molecule has 2 aromatic rings. The zero-order valence-electron chi connectivity index (χ0n) is 14.1. The van der Waals surface area contributed by atoms with Gasteiger partial charge in [0.15, 0.2) is 0 Å². The standard InChI is InChI=1S/C19H24N2O2.ClH/c1-14(2)23-18-11-7-6-10-16(18)12-19(22)21-13-17(20)15-8-4-3-5-9-15;/h3-11,14,17H,12-13,20H2,1-2H3,(H,21,22);1H. The van der Waals surface area contributed by atoms with Crippen molar-refractivity contribution in [3.8, 4) is 5.75 Å². The minimum atomic E-state index is -0.206. The number of hydrogen-bond donors (Lipinski definition) is 2. The SMILES string of the molecule is CC(C)Oc1ccccc1CC(=O)NCC(N)c1ccccc1.Cl. The highest BCUT2D eigenvalue weighted by Gasteiger charge is 2.11. The molecule has 0 aliphatic carbocycles. The molecule has 0 aliphatic heterocycles. The zero-order chi connectivity index (χ0) is 16.7. The quantitative estimate of drug-likeness (QED) is 0.807. The van der Waals surface area contributed by atoms with Gasteiger partial charge in [0.2, 0.25) is 5.91 Å². The van der Waals surface area contributed by atoms with Crippen LogP contribution < -0.4 is 15.8 Å². The molecule has 0 saturated heterocycles. The maximum atomic E-state index is 12.2. The molecule has 4 nitrogen and oxygen atoms in total. The molecule has 0 spiro atoms. The molecule has 2 rings (SSSR count). The Bertz CT molecular complexity index is 632. The van der Waals surface area contributed by atoms with Gasteiger partial charge in [0, 0.05) is 18.2 Å². The molecule has 130 valence electrons. The van der Waals surface area contributed by atoms with E-state index >= 15 is 0 Å². The zero-order valence-corrected chi connectivity index (χ0v) is 14.9. The van der Waals surface area contributed by atoms with E-state index in [4.69, 9.17) is 10.5 Å². The molecule has 24 heavy (non-hydrogen) atoms. The first-order chi connectivity index (χ1) is 11.1. The second-order valence-electron chi connectivity index (χ2n) is 5.77. The van der Waals surface area contributed by atoms with Gasteiger partial charge in [-0.2, -0.15) is 0 Å². The lowest BCUT2D eigenvalue weighted by atomic mass is 10.1. The lowest BCUT2D eigenvalue weighted by molar-refractivity contribution is -0.120. The van der Waals surface area contributed by atoms with Gasteiger partial charge in [0.1, 0.15) is 5.75 Å². The van der Waals surface area contributed by atoms with Crippen molar-refractivity contribution < 1.29 is 9.53 Å². The largest absolute Gasteiger partial charge is 0.491 e. The van der Waals surface area contributed by atoms with E-state index in [1.807, 2.05) is 68.4 Å². The average molecular weight is 349 g/mol. The Morgan fingerprint density at radius 2 is 1.71 bits per heavy atom. The summed E-state index contributed by atoms with van der Waals surface area (Å²) in [7, 11) is 0. The molecule has 1 atom stereocenters. The van der Waals surface area contributed by atoms with Gasteiger partial charge in [0.25, 0.3) is 0 Å². The van der Waals surface area contributed by atoms with Gasteiger partial charge in [-0.05, 0) is 25.5 Å². The Morgan fingerprint density at radius 1 is 1.08 bits per heavy atom. The van der Waals surface area contributed by atoms with Gasteiger partial charge in [0.05, 0.1) is 12.5 Å². The van der Waals surface area contributed by atoms with Crippen molar-refractivity contribution in [1.82, 2.24) is 5.32 Å². The Labute approximate surface area is 149 Å². The van der Waals surface area contributed by atoms with Gasteiger partial charge in [-0.15, -0.1) is 12.4 Å². The Hall–Kier alpha value is -2.04. The smallest absolute Gasteiger partial charge is 0.224 e. The van der Waals surface area contributed by atoms with E-state index in [0.29, 0.717) is 6.54 Å². The molecule has 0 saturated carbocycles. The first-order valence-electron chi connectivity index (χ1n) is 7.88. The van der Waals surface area contributed by atoms with E-state index in [-0.39, 0.29) is 36.9 Å². The van der Waals surface area contributed by atoms with Crippen molar-refractivity contribution in [2.24, 2.45) is 5.73 Å². The maximum absolute atomic E-state index is 12.2. The number of benzene rings is 2. The third kappa shape index (κ3) is 6.22. The van der Waals surface area contributed by atoms with Gasteiger partial charge in [-0.1, -0.05) is 48.5 Å². The number of nitrogens with two attached hydrogens (primary N) is 1. The summed E-state index contributed by atoms with van der Waals surface area (Å²) in [4.78, 5) is 12.2. The lowest BCUT2D eigenvalue weighted by Crippen LogP contribution is -2.33. The van der Waals surface area contributed by atoms with E-state index in [9.17, 15) is 4.79 Å². The van der Waals surface area contributed by atoms with E-state index in [0.717, 1.165) is 16.9 Å². The van der Waals surface area contributed by atoms with Crippen LogP contribution in [0.2, 0.25) is 0 Å². The van der Waals surface area contributed by atoms with Crippen LogP contribution in [-0.2, 0) is 11.2 Å². The summed E-state index contributed by atoms with van der Waals surface area (Å²) in [6.45, 7) is 4.35. The Kier molecular flexibility index (Phi) is 8.30. The van der Waals surface area contributed by atoms with Gasteiger partial charge in [-0.3, -0.25) is 4.79 Å². The normalized spacial score (nSPS) is 11.5. The van der Waals surface area contributed by atoms with Crippen LogP contribution >= 0.6 is 12.4 Å². The van der Waals surface area contributed by atoms with Crippen LogP contribution in [0, 0.1) is 0 Å². The van der Waals surface area contributed by atoms with Crippen LogP contribution in [0.15, 0.2) is 54.6 Å². The number of halogens is 1. The van der Waals surface area contributed by atoms with Crippen molar-refractivity contribution in [3.05, 3.63) is 65.7 Å². The Balaban J connectivity index is 0.00000288. The third-order valence-corrected chi connectivity index (χ3v) is 3.43. The van der Waals surface area contributed by atoms with Crippen molar-refractivity contribution in [2.75, 3.05) is 6.54 Å². The summed E-state index contributed by atoms with van der Waals surface area (Å²) < 4.78 is 5.74. The van der Waals surface area contributed by atoms with E-state index in [1.54, 1.807) is 0 Å².